The lowest BCUT2D eigenvalue weighted by molar-refractivity contribution is -0.115. The predicted octanol–water partition coefficient (Wildman–Crippen LogP) is 3.90. The van der Waals surface area contributed by atoms with Crippen molar-refractivity contribution in [2.45, 2.75) is 57.8 Å². The Hall–Kier alpha value is -3.19. The number of ether oxygens (including phenoxy) is 1. The number of hydrogen-bond acceptors (Lipinski definition) is 4. The van der Waals surface area contributed by atoms with E-state index in [2.05, 4.69) is 4.99 Å². The summed E-state index contributed by atoms with van der Waals surface area (Å²) in [4.78, 5) is 29.7. The number of amides is 2. The van der Waals surface area contributed by atoms with Gasteiger partial charge in [0.2, 0.25) is 5.91 Å². The van der Waals surface area contributed by atoms with Crippen LogP contribution in [-0.4, -0.2) is 40.0 Å². The van der Waals surface area contributed by atoms with Crippen LogP contribution >= 0.6 is 0 Å². The molecule has 7 nitrogen and oxygen atoms in total. The average molecular weight is 438 g/mol. The Morgan fingerprint density at radius 3 is 2.38 bits per heavy atom. The van der Waals surface area contributed by atoms with Gasteiger partial charge in [-0.05, 0) is 31.9 Å². The maximum Gasteiger partial charge on any atom is 0.411 e. The molecule has 1 aliphatic rings. The van der Waals surface area contributed by atoms with Gasteiger partial charge in [-0.3, -0.25) is 4.79 Å². The molecule has 0 unspecified atom stereocenters. The van der Waals surface area contributed by atoms with Gasteiger partial charge in [-0.2, -0.15) is 4.99 Å². The molecular formula is C25H31N3O4. The molecular weight excluding hydrogens is 406 g/mol. The maximum atomic E-state index is 13.1. The van der Waals surface area contributed by atoms with Crippen molar-refractivity contribution < 1.29 is 19.4 Å². The number of nitrogens with two attached hydrogens (primary N) is 1. The van der Waals surface area contributed by atoms with Crippen molar-refractivity contribution in [2.75, 3.05) is 6.54 Å². The second-order valence-electron chi connectivity index (χ2n) is 8.97. The molecule has 0 spiro atoms. The van der Waals surface area contributed by atoms with Crippen molar-refractivity contribution in [1.29, 1.82) is 0 Å². The van der Waals surface area contributed by atoms with Crippen LogP contribution in [0.1, 0.15) is 63.3 Å². The fraction of sp³-hybridized carbons (Fsp3) is 0.400. The van der Waals surface area contributed by atoms with Crippen LogP contribution in [0.25, 0.3) is 0 Å². The molecule has 2 aromatic carbocycles. The first kappa shape index (κ1) is 23.5. The molecule has 170 valence electrons. The summed E-state index contributed by atoms with van der Waals surface area (Å²) in [5, 5.41) is 10.5. The molecule has 2 atom stereocenters. The molecule has 3 rings (SSSR count). The van der Waals surface area contributed by atoms with E-state index in [4.69, 9.17) is 10.5 Å². The van der Waals surface area contributed by atoms with Gasteiger partial charge in [-0.15, -0.1) is 0 Å². The van der Waals surface area contributed by atoms with Gasteiger partial charge in [0.1, 0.15) is 11.4 Å². The molecule has 2 amide bonds. The van der Waals surface area contributed by atoms with Crippen molar-refractivity contribution >= 4 is 17.8 Å². The standard InChI is InChI=1S/C25H31N3O4/c1-17(19-10-12-20(13-11-19)22(26)27-18(2)29)28-15-14-25(32-23(28)30,16-24(3,4)31)21-8-6-5-7-9-21/h5-13,17,31H,14-16H2,1-4H3,(H2,26,27,29)/t17-,25-/m0/s1. The van der Waals surface area contributed by atoms with Gasteiger partial charge < -0.3 is 20.5 Å². The minimum atomic E-state index is -0.999. The van der Waals surface area contributed by atoms with Gasteiger partial charge >= 0.3 is 6.09 Å². The maximum absolute atomic E-state index is 13.1. The molecule has 3 N–H and O–H groups in total. The molecule has 0 aromatic heterocycles. The van der Waals surface area contributed by atoms with Gasteiger partial charge in [0.05, 0.1) is 11.6 Å². The van der Waals surface area contributed by atoms with Crippen LogP contribution in [-0.2, 0) is 15.1 Å². The summed E-state index contributed by atoms with van der Waals surface area (Å²) in [6.07, 6.45) is 0.452. The summed E-state index contributed by atoms with van der Waals surface area (Å²) in [5.74, 6) is -0.197. The van der Waals surface area contributed by atoms with Gasteiger partial charge in [0, 0.05) is 31.9 Å². The molecule has 32 heavy (non-hydrogen) atoms. The SMILES string of the molecule is CC(=O)N=C(N)c1ccc([C@H](C)N2CC[C@](CC(C)(C)O)(c3ccccc3)OC2=O)cc1. The Bertz CT molecular complexity index is 996. The Labute approximate surface area is 188 Å². The monoisotopic (exact) mass is 437 g/mol. The summed E-state index contributed by atoms with van der Waals surface area (Å²) in [6.45, 7) is 7.22. The van der Waals surface area contributed by atoms with E-state index in [0.29, 0.717) is 24.9 Å². The lowest BCUT2D eigenvalue weighted by atomic mass is 9.80. The van der Waals surface area contributed by atoms with Crippen LogP contribution in [0.2, 0.25) is 0 Å². The quantitative estimate of drug-likeness (QED) is 0.527. The van der Waals surface area contributed by atoms with Crippen molar-refractivity contribution in [2.24, 2.45) is 10.7 Å². The highest BCUT2D eigenvalue weighted by Gasteiger charge is 2.46. The zero-order valence-electron chi connectivity index (χ0n) is 19.0. The summed E-state index contributed by atoms with van der Waals surface area (Å²) in [5.41, 5.74) is 6.41. The highest BCUT2D eigenvalue weighted by atomic mass is 16.6. The lowest BCUT2D eigenvalue weighted by Gasteiger charge is -2.45. The molecule has 1 saturated heterocycles. The third kappa shape index (κ3) is 5.34. The summed E-state index contributed by atoms with van der Waals surface area (Å²) in [6, 6.07) is 16.7. The van der Waals surface area contributed by atoms with E-state index in [0.717, 1.165) is 11.1 Å². The van der Waals surface area contributed by atoms with E-state index in [1.54, 1.807) is 30.9 Å². The van der Waals surface area contributed by atoms with Crippen molar-refractivity contribution in [3.8, 4) is 0 Å². The number of aliphatic imine (C=N–C) groups is 1. The average Bonchev–Trinajstić information content (AvgIpc) is 2.72. The van der Waals surface area contributed by atoms with E-state index in [1.807, 2.05) is 49.4 Å². The Morgan fingerprint density at radius 1 is 1.22 bits per heavy atom. The van der Waals surface area contributed by atoms with Crippen molar-refractivity contribution in [3.05, 3.63) is 71.3 Å². The number of hydrogen-bond donors (Lipinski definition) is 2. The van der Waals surface area contributed by atoms with Crippen molar-refractivity contribution in [1.82, 2.24) is 4.90 Å². The Balaban J connectivity index is 1.80. The fourth-order valence-electron chi connectivity index (χ4n) is 4.24. The number of carbonyl (C=O) groups is 2. The van der Waals surface area contributed by atoms with Crippen LogP contribution in [0.5, 0.6) is 0 Å². The number of cyclic esters (lactones) is 1. The van der Waals surface area contributed by atoms with Crippen LogP contribution in [0, 0.1) is 0 Å². The van der Waals surface area contributed by atoms with E-state index in [9.17, 15) is 14.7 Å². The molecule has 1 aliphatic heterocycles. The van der Waals surface area contributed by atoms with Gasteiger partial charge in [0.15, 0.2) is 0 Å². The van der Waals surface area contributed by atoms with Gasteiger partial charge in [-0.1, -0.05) is 54.6 Å². The normalized spacial score (nSPS) is 20.6. The number of nitrogens with zero attached hydrogens (tertiary/aromatic N) is 2. The van der Waals surface area contributed by atoms with Crippen LogP contribution < -0.4 is 5.73 Å². The second kappa shape index (κ2) is 9.12. The van der Waals surface area contributed by atoms with Gasteiger partial charge in [-0.25, -0.2) is 4.79 Å². The highest BCUT2D eigenvalue weighted by molar-refractivity contribution is 6.03. The Kier molecular flexibility index (Phi) is 6.69. The minimum Gasteiger partial charge on any atom is -0.438 e. The van der Waals surface area contributed by atoms with Crippen LogP contribution in [0.15, 0.2) is 59.6 Å². The molecule has 0 saturated carbocycles. The number of rotatable bonds is 6. The number of carbonyl (C=O) groups excluding carboxylic acids is 2. The summed E-state index contributed by atoms with van der Waals surface area (Å²) >= 11 is 0. The van der Waals surface area contributed by atoms with E-state index in [1.165, 1.54) is 6.92 Å². The first-order chi connectivity index (χ1) is 15.0. The molecule has 1 fully saturated rings. The van der Waals surface area contributed by atoms with Crippen LogP contribution in [0.4, 0.5) is 4.79 Å². The van der Waals surface area contributed by atoms with E-state index >= 15 is 0 Å². The summed E-state index contributed by atoms with van der Waals surface area (Å²) in [7, 11) is 0. The minimum absolute atomic E-state index is 0.161. The van der Waals surface area contributed by atoms with Gasteiger partial charge in [0.25, 0.3) is 0 Å². The number of benzene rings is 2. The first-order valence-electron chi connectivity index (χ1n) is 10.7. The topological polar surface area (TPSA) is 105 Å². The summed E-state index contributed by atoms with van der Waals surface area (Å²) < 4.78 is 6.05. The molecule has 2 aromatic rings. The largest absolute Gasteiger partial charge is 0.438 e. The van der Waals surface area contributed by atoms with Crippen molar-refractivity contribution in [3.63, 3.8) is 0 Å². The third-order valence-electron chi connectivity index (χ3n) is 5.73. The predicted molar refractivity (Wildman–Crippen MR) is 123 cm³/mol. The molecule has 0 radical (unpaired) electrons. The number of aliphatic hydroxyl groups is 1. The fourth-order valence-corrected chi connectivity index (χ4v) is 4.24. The number of amidine groups is 1. The highest BCUT2D eigenvalue weighted by Crippen LogP contribution is 2.42. The third-order valence-corrected chi connectivity index (χ3v) is 5.73. The molecule has 0 bridgehead atoms. The Morgan fingerprint density at radius 2 is 1.84 bits per heavy atom. The van der Waals surface area contributed by atoms with E-state index in [-0.39, 0.29) is 17.8 Å². The second-order valence-corrected chi connectivity index (χ2v) is 8.97. The molecule has 0 aliphatic carbocycles. The van der Waals surface area contributed by atoms with Crippen LogP contribution in [0.3, 0.4) is 0 Å². The van der Waals surface area contributed by atoms with E-state index < -0.39 is 17.3 Å². The zero-order valence-corrected chi connectivity index (χ0v) is 19.0. The first-order valence-corrected chi connectivity index (χ1v) is 10.7. The zero-order chi connectivity index (χ0) is 23.5. The molecule has 1 heterocycles. The molecule has 7 heteroatoms. The smallest absolute Gasteiger partial charge is 0.411 e. The lowest BCUT2D eigenvalue weighted by Crippen LogP contribution is -2.51.